The molecule has 0 radical (unpaired) electrons. The van der Waals surface area contributed by atoms with Crippen molar-refractivity contribution in [3.05, 3.63) is 47.2 Å². The van der Waals surface area contributed by atoms with E-state index in [4.69, 9.17) is 26.8 Å². The van der Waals surface area contributed by atoms with Crippen molar-refractivity contribution in [1.82, 2.24) is 0 Å². The maximum atomic E-state index is 11.9. The molecule has 1 aromatic rings. The van der Waals surface area contributed by atoms with Crippen LogP contribution < -0.4 is 10.5 Å². The summed E-state index contributed by atoms with van der Waals surface area (Å²) in [6.07, 6.45) is 2.94. The lowest BCUT2D eigenvalue weighted by Crippen LogP contribution is -2.08. The fraction of sp³-hybridized carbons (Fsp3) is 0.200. The minimum atomic E-state index is -0.516. The summed E-state index contributed by atoms with van der Waals surface area (Å²) in [6.45, 7) is 5.69. The highest BCUT2D eigenvalue weighted by molar-refractivity contribution is 6.39. The highest BCUT2D eigenvalue weighted by atomic mass is 35.5. The number of carbonyl (C=O) groups is 1. The molecule has 0 aliphatic heterocycles. The van der Waals surface area contributed by atoms with Crippen molar-refractivity contribution in [2.24, 2.45) is 4.99 Å². The van der Waals surface area contributed by atoms with Crippen LogP contribution in [0.2, 0.25) is 0 Å². The zero-order valence-corrected chi connectivity index (χ0v) is 12.7. The Bertz CT molecular complexity index is 595. The summed E-state index contributed by atoms with van der Waals surface area (Å²) in [7, 11) is 1.60. The third kappa shape index (κ3) is 5.31. The minimum Gasteiger partial charge on any atom is -0.462 e. The van der Waals surface area contributed by atoms with Gasteiger partial charge in [-0.1, -0.05) is 18.2 Å². The summed E-state index contributed by atoms with van der Waals surface area (Å²) in [5.41, 5.74) is 6.34. The maximum absolute atomic E-state index is 11.9. The van der Waals surface area contributed by atoms with Gasteiger partial charge in [0.1, 0.15) is 17.1 Å². The van der Waals surface area contributed by atoms with E-state index >= 15 is 0 Å². The van der Waals surface area contributed by atoms with Crippen LogP contribution in [0, 0.1) is 0 Å². The van der Waals surface area contributed by atoms with Gasteiger partial charge in [-0.15, -0.1) is 0 Å². The Labute approximate surface area is 128 Å². The van der Waals surface area contributed by atoms with Crippen LogP contribution in [-0.4, -0.2) is 25.8 Å². The molecule has 2 N–H and O–H groups in total. The Morgan fingerprint density at radius 1 is 1.52 bits per heavy atom. The molecule has 0 aliphatic carbocycles. The topological polar surface area (TPSA) is 73.9 Å². The molecule has 21 heavy (non-hydrogen) atoms. The molecule has 0 fully saturated rings. The first-order valence-corrected chi connectivity index (χ1v) is 6.58. The maximum Gasteiger partial charge on any atom is 0.342 e. The van der Waals surface area contributed by atoms with Crippen LogP contribution in [0.4, 0.5) is 5.69 Å². The second-order valence-electron chi connectivity index (χ2n) is 3.96. The summed E-state index contributed by atoms with van der Waals surface area (Å²) in [5.74, 6) is 0.0369. The lowest BCUT2D eigenvalue weighted by Gasteiger charge is -2.11. The number of nitrogens with two attached hydrogens (primary N) is 1. The van der Waals surface area contributed by atoms with Crippen LogP contribution in [0.3, 0.4) is 0 Å². The molecule has 0 bridgehead atoms. The number of benzene rings is 1. The molecule has 0 heterocycles. The minimum absolute atomic E-state index is 0.228. The molecule has 6 heteroatoms. The van der Waals surface area contributed by atoms with Gasteiger partial charge < -0.3 is 15.2 Å². The largest absolute Gasteiger partial charge is 0.462 e. The average molecular weight is 309 g/mol. The van der Waals surface area contributed by atoms with Gasteiger partial charge in [0.2, 0.25) is 0 Å². The van der Waals surface area contributed by atoms with Crippen molar-refractivity contribution >= 4 is 29.5 Å². The first kappa shape index (κ1) is 16.8. The van der Waals surface area contributed by atoms with E-state index in [0.29, 0.717) is 16.5 Å². The van der Waals surface area contributed by atoms with Crippen LogP contribution in [0.25, 0.3) is 0 Å². The first-order valence-electron chi connectivity index (χ1n) is 6.20. The van der Waals surface area contributed by atoms with Gasteiger partial charge in [0.05, 0.1) is 11.6 Å². The Hall–Kier alpha value is -2.27. The number of ether oxygens (including phenoxy) is 2. The lowest BCUT2D eigenvalue weighted by atomic mass is 10.2. The van der Waals surface area contributed by atoms with E-state index in [0.717, 1.165) is 0 Å². The molecule has 1 aromatic carbocycles. The van der Waals surface area contributed by atoms with Crippen LogP contribution in [0.5, 0.6) is 5.75 Å². The summed E-state index contributed by atoms with van der Waals surface area (Å²) in [5, 5.41) is 0.357. The second-order valence-corrected chi connectivity index (χ2v) is 4.40. The van der Waals surface area contributed by atoms with Gasteiger partial charge in [0, 0.05) is 25.0 Å². The van der Waals surface area contributed by atoms with E-state index in [-0.39, 0.29) is 17.9 Å². The fourth-order valence-corrected chi connectivity index (χ4v) is 1.71. The summed E-state index contributed by atoms with van der Waals surface area (Å²) in [6, 6.07) is 4.67. The van der Waals surface area contributed by atoms with E-state index in [2.05, 4.69) is 11.6 Å². The summed E-state index contributed by atoms with van der Waals surface area (Å²) >= 11 is 5.88. The van der Waals surface area contributed by atoms with Crippen molar-refractivity contribution in [3.8, 4) is 5.75 Å². The number of nitrogens with zero attached hydrogens (tertiary/aromatic N) is 1. The number of anilines is 1. The van der Waals surface area contributed by atoms with Gasteiger partial charge in [-0.25, -0.2) is 4.79 Å². The quantitative estimate of drug-likeness (QED) is 0.288. The van der Waals surface area contributed by atoms with Gasteiger partial charge in [-0.3, -0.25) is 4.99 Å². The first-order chi connectivity index (χ1) is 9.97. The zero-order valence-electron chi connectivity index (χ0n) is 11.9. The number of esters is 1. The number of nitrogen functional groups attached to an aromatic ring is 1. The second kappa shape index (κ2) is 8.11. The van der Waals surface area contributed by atoms with E-state index in [1.165, 1.54) is 18.4 Å². The molecule has 0 unspecified atom stereocenters. The predicted octanol–water partition coefficient (Wildman–Crippen LogP) is 3.16. The average Bonchev–Trinajstić information content (AvgIpc) is 2.41. The summed E-state index contributed by atoms with van der Waals surface area (Å²) in [4.78, 5) is 15.6. The third-order valence-corrected chi connectivity index (χ3v) is 2.50. The number of aliphatic imine (C=N–C) groups is 1. The number of hydrogen-bond donors (Lipinski definition) is 1. The molecular formula is C15H17ClN2O3. The molecule has 0 atom stereocenters. The Morgan fingerprint density at radius 2 is 2.24 bits per heavy atom. The van der Waals surface area contributed by atoms with E-state index in [1.54, 1.807) is 26.1 Å². The molecule has 112 valence electrons. The smallest absolute Gasteiger partial charge is 0.342 e. The predicted molar refractivity (Wildman–Crippen MR) is 84.9 cm³/mol. The van der Waals surface area contributed by atoms with Crippen LogP contribution in [0.1, 0.15) is 17.3 Å². The van der Waals surface area contributed by atoms with Crippen LogP contribution in [-0.2, 0) is 4.74 Å². The van der Waals surface area contributed by atoms with Crippen molar-refractivity contribution < 1.29 is 14.3 Å². The monoisotopic (exact) mass is 308 g/mol. The highest BCUT2D eigenvalue weighted by Crippen LogP contribution is 2.24. The van der Waals surface area contributed by atoms with Crippen molar-refractivity contribution in [2.45, 2.75) is 6.92 Å². The normalized spacial score (nSPS) is 11.5. The van der Waals surface area contributed by atoms with E-state index < -0.39 is 5.97 Å². The molecule has 0 aliphatic rings. The Morgan fingerprint density at radius 3 is 2.86 bits per heavy atom. The number of rotatable bonds is 6. The Kier molecular flexibility index (Phi) is 6.49. The van der Waals surface area contributed by atoms with Gasteiger partial charge in [-0.2, -0.15) is 0 Å². The number of allylic oxidation sites excluding steroid dienone is 2. The highest BCUT2D eigenvalue weighted by Gasteiger charge is 2.15. The number of halogens is 1. The molecular weight excluding hydrogens is 292 g/mol. The molecule has 0 aromatic heterocycles. The van der Waals surface area contributed by atoms with Crippen LogP contribution in [0.15, 0.2) is 46.6 Å². The summed E-state index contributed by atoms with van der Waals surface area (Å²) < 4.78 is 10.5. The standard InChI is InChI=1S/C15H17ClN2O3/c1-4-20-15(19)13-8-12(17)5-6-14(13)21-10(2)7-11(16)9-18-3/h5-9H,2,4,17H2,1,3H3. The molecule has 5 nitrogen and oxygen atoms in total. The van der Waals surface area contributed by atoms with E-state index in [1.807, 2.05) is 0 Å². The van der Waals surface area contributed by atoms with Crippen molar-refractivity contribution in [1.29, 1.82) is 0 Å². The SMILES string of the molecule is C=C(C=C(Cl)C=NC)Oc1ccc(N)cc1C(=O)OCC. The number of carbonyl (C=O) groups excluding carboxylic acids is 1. The number of hydrogen-bond acceptors (Lipinski definition) is 5. The van der Waals surface area contributed by atoms with Gasteiger partial charge in [0.25, 0.3) is 0 Å². The lowest BCUT2D eigenvalue weighted by molar-refractivity contribution is 0.0523. The Balaban J connectivity index is 3.00. The van der Waals surface area contributed by atoms with Crippen molar-refractivity contribution in [3.63, 3.8) is 0 Å². The fourth-order valence-electron chi connectivity index (χ4n) is 1.49. The molecule has 0 amide bonds. The van der Waals surface area contributed by atoms with Crippen LogP contribution >= 0.6 is 11.6 Å². The molecule has 0 saturated carbocycles. The van der Waals surface area contributed by atoms with Gasteiger partial charge >= 0.3 is 5.97 Å². The third-order valence-electron chi connectivity index (χ3n) is 2.29. The van der Waals surface area contributed by atoms with E-state index in [9.17, 15) is 4.79 Å². The molecule has 1 rings (SSSR count). The molecule has 0 saturated heterocycles. The van der Waals surface area contributed by atoms with Gasteiger partial charge in [-0.05, 0) is 25.1 Å². The zero-order chi connectivity index (χ0) is 15.8. The molecule has 0 spiro atoms. The van der Waals surface area contributed by atoms with Gasteiger partial charge in [0.15, 0.2) is 0 Å². The van der Waals surface area contributed by atoms with Crippen molar-refractivity contribution in [2.75, 3.05) is 19.4 Å².